The van der Waals surface area contributed by atoms with Crippen molar-refractivity contribution >= 4 is 34.1 Å². The molecule has 0 aliphatic carbocycles. The van der Waals surface area contributed by atoms with Gasteiger partial charge in [0.15, 0.2) is 12.3 Å². The number of aromatic nitrogens is 1. The van der Waals surface area contributed by atoms with Gasteiger partial charge in [-0.1, -0.05) is 36.7 Å². The molecule has 1 aromatic heterocycles. The molecule has 0 aliphatic heterocycles. The molecule has 7 heteroatoms. The maximum absolute atomic E-state index is 11.9. The molecule has 0 atom stereocenters. The first-order valence-electron chi connectivity index (χ1n) is 8.23. The summed E-state index contributed by atoms with van der Waals surface area (Å²) >= 11 is 5.80. The van der Waals surface area contributed by atoms with Crippen molar-refractivity contribution in [3.63, 3.8) is 0 Å². The van der Waals surface area contributed by atoms with Crippen molar-refractivity contribution in [3.8, 4) is 11.6 Å². The average Bonchev–Trinajstić information content (AvgIpc) is 2.92. The number of benzene rings is 2. The number of nitrogens with zero attached hydrogens (tertiary/aromatic N) is 3. The number of azo groups is 1. The van der Waals surface area contributed by atoms with Crippen molar-refractivity contribution in [3.05, 3.63) is 53.6 Å². The molecule has 3 rings (SSSR count). The summed E-state index contributed by atoms with van der Waals surface area (Å²) in [6.07, 6.45) is 0.858. The van der Waals surface area contributed by atoms with Gasteiger partial charge in [0.1, 0.15) is 5.75 Å². The Morgan fingerprint density at radius 1 is 1.19 bits per heavy atom. The number of amides is 1. The van der Waals surface area contributed by atoms with E-state index in [0.29, 0.717) is 17.3 Å². The number of carbonyl (C=O) groups is 1. The van der Waals surface area contributed by atoms with Gasteiger partial charge in [-0.3, -0.25) is 4.79 Å². The summed E-state index contributed by atoms with van der Waals surface area (Å²) in [5.41, 5.74) is 1.14. The number of fused-ring (bicyclic) bond motifs is 1. The van der Waals surface area contributed by atoms with Crippen molar-refractivity contribution in [2.75, 3.05) is 6.61 Å². The van der Waals surface area contributed by atoms with Crippen molar-refractivity contribution in [2.24, 2.45) is 10.2 Å². The van der Waals surface area contributed by atoms with E-state index in [9.17, 15) is 9.90 Å². The fraction of sp³-hybridized carbons (Fsp3) is 0.211. The van der Waals surface area contributed by atoms with E-state index >= 15 is 0 Å². The Bertz CT molecular complexity index is 949. The Morgan fingerprint density at radius 3 is 2.65 bits per heavy atom. The molecule has 0 saturated carbocycles. The Labute approximate surface area is 155 Å². The Morgan fingerprint density at radius 2 is 1.92 bits per heavy atom. The van der Waals surface area contributed by atoms with Gasteiger partial charge < -0.3 is 14.4 Å². The third-order valence-electron chi connectivity index (χ3n) is 3.80. The van der Waals surface area contributed by atoms with Crippen LogP contribution in [0.3, 0.4) is 0 Å². The second kappa shape index (κ2) is 8.01. The molecular weight excluding hydrogens is 354 g/mol. The molecule has 0 bridgehead atoms. The van der Waals surface area contributed by atoms with Crippen LogP contribution in [0.2, 0.25) is 5.02 Å². The SMILES string of the molecule is CCCn1c(O)c(N=NC(=O)COc2ccc(Cl)cc2)c2ccccc21. The van der Waals surface area contributed by atoms with Gasteiger partial charge in [0.25, 0.3) is 0 Å². The molecule has 1 N–H and O–H groups in total. The smallest absolute Gasteiger partial charge is 0.302 e. The number of aromatic hydroxyl groups is 1. The molecule has 134 valence electrons. The highest BCUT2D eigenvalue weighted by Crippen LogP contribution is 2.38. The highest BCUT2D eigenvalue weighted by atomic mass is 35.5. The molecule has 0 spiro atoms. The zero-order valence-corrected chi connectivity index (χ0v) is 15.0. The van der Waals surface area contributed by atoms with Crippen LogP contribution in [0.25, 0.3) is 10.9 Å². The molecule has 1 amide bonds. The molecule has 0 radical (unpaired) electrons. The Kier molecular flexibility index (Phi) is 5.53. The van der Waals surface area contributed by atoms with Gasteiger partial charge in [0.05, 0.1) is 5.52 Å². The van der Waals surface area contributed by atoms with Gasteiger partial charge in [0.2, 0.25) is 5.88 Å². The highest BCUT2D eigenvalue weighted by molar-refractivity contribution is 6.30. The lowest BCUT2D eigenvalue weighted by atomic mass is 10.2. The maximum Gasteiger partial charge on any atom is 0.302 e. The summed E-state index contributed by atoms with van der Waals surface area (Å²) in [5.74, 6) is -0.0322. The van der Waals surface area contributed by atoms with Gasteiger partial charge in [-0.15, -0.1) is 10.2 Å². The van der Waals surface area contributed by atoms with E-state index in [0.717, 1.165) is 17.3 Å². The van der Waals surface area contributed by atoms with Crippen LogP contribution in [0, 0.1) is 0 Å². The number of para-hydroxylation sites is 1. The van der Waals surface area contributed by atoms with Crippen LogP contribution in [-0.4, -0.2) is 22.2 Å². The number of carbonyl (C=O) groups excluding carboxylic acids is 1. The van der Waals surface area contributed by atoms with Gasteiger partial charge >= 0.3 is 5.91 Å². The standard InChI is InChI=1S/C19H18ClN3O3/c1-2-11-23-16-6-4-3-5-15(16)18(19(23)25)22-21-17(24)12-26-14-9-7-13(20)8-10-14/h3-10,25H,2,11-12H2,1H3. The van der Waals surface area contributed by atoms with Gasteiger partial charge in [-0.05, 0) is 36.8 Å². The summed E-state index contributed by atoms with van der Waals surface area (Å²) in [6, 6.07) is 14.1. The minimum Gasteiger partial charge on any atom is -0.493 e. The average molecular weight is 372 g/mol. The summed E-state index contributed by atoms with van der Waals surface area (Å²) in [6.45, 7) is 2.42. The minimum absolute atomic E-state index is 0.00298. The van der Waals surface area contributed by atoms with Crippen molar-refractivity contribution in [2.45, 2.75) is 19.9 Å². The van der Waals surface area contributed by atoms with Gasteiger partial charge in [-0.2, -0.15) is 0 Å². The van der Waals surface area contributed by atoms with Crippen LogP contribution in [0.1, 0.15) is 13.3 Å². The zero-order chi connectivity index (χ0) is 18.5. The molecular formula is C19H18ClN3O3. The lowest BCUT2D eigenvalue weighted by molar-refractivity contribution is -0.120. The maximum atomic E-state index is 11.9. The number of hydrogen-bond acceptors (Lipinski definition) is 4. The number of rotatable bonds is 6. The highest BCUT2D eigenvalue weighted by Gasteiger charge is 2.16. The van der Waals surface area contributed by atoms with Crippen LogP contribution in [0.15, 0.2) is 58.8 Å². The zero-order valence-electron chi connectivity index (χ0n) is 14.2. The Balaban J connectivity index is 1.76. The molecule has 0 saturated heterocycles. The second-order valence-electron chi connectivity index (χ2n) is 5.68. The van der Waals surface area contributed by atoms with Gasteiger partial charge in [-0.25, -0.2) is 0 Å². The van der Waals surface area contributed by atoms with Crippen molar-refractivity contribution in [1.82, 2.24) is 4.57 Å². The number of ether oxygens (including phenoxy) is 1. The van der Waals surface area contributed by atoms with Crippen LogP contribution in [0.4, 0.5) is 5.69 Å². The van der Waals surface area contributed by atoms with Crippen LogP contribution < -0.4 is 4.74 Å². The quantitative estimate of drug-likeness (QED) is 0.612. The molecule has 26 heavy (non-hydrogen) atoms. The van der Waals surface area contributed by atoms with Crippen molar-refractivity contribution < 1.29 is 14.6 Å². The largest absolute Gasteiger partial charge is 0.493 e. The first-order chi connectivity index (χ1) is 12.6. The topological polar surface area (TPSA) is 76.2 Å². The fourth-order valence-electron chi connectivity index (χ4n) is 2.63. The lowest BCUT2D eigenvalue weighted by Gasteiger charge is -2.03. The second-order valence-corrected chi connectivity index (χ2v) is 6.11. The monoisotopic (exact) mass is 371 g/mol. The molecule has 6 nitrogen and oxygen atoms in total. The van der Waals surface area contributed by atoms with E-state index in [4.69, 9.17) is 16.3 Å². The lowest BCUT2D eigenvalue weighted by Crippen LogP contribution is -2.07. The van der Waals surface area contributed by atoms with E-state index in [1.165, 1.54) is 0 Å². The first kappa shape index (κ1) is 17.9. The normalized spacial score (nSPS) is 11.3. The van der Waals surface area contributed by atoms with Crippen LogP contribution in [0.5, 0.6) is 11.6 Å². The van der Waals surface area contributed by atoms with Gasteiger partial charge in [0, 0.05) is 17.0 Å². The summed E-state index contributed by atoms with van der Waals surface area (Å²) in [4.78, 5) is 11.9. The number of aryl methyl sites for hydroxylation is 1. The summed E-state index contributed by atoms with van der Waals surface area (Å²) in [5, 5.41) is 19.4. The Hall–Kier alpha value is -2.86. The summed E-state index contributed by atoms with van der Waals surface area (Å²) < 4.78 is 7.11. The third-order valence-corrected chi connectivity index (χ3v) is 4.05. The van der Waals surface area contributed by atoms with Crippen LogP contribution >= 0.6 is 11.6 Å². The van der Waals surface area contributed by atoms with E-state index in [-0.39, 0.29) is 18.2 Å². The first-order valence-corrected chi connectivity index (χ1v) is 8.61. The predicted molar refractivity (Wildman–Crippen MR) is 100 cm³/mol. The molecule has 0 fully saturated rings. The van der Waals surface area contributed by atoms with E-state index in [1.54, 1.807) is 28.8 Å². The molecule has 0 aliphatic rings. The molecule has 1 heterocycles. The predicted octanol–water partition coefficient (Wildman–Crippen LogP) is 5.10. The van der Waals surface area contributed by atoms with E-state index in [2.05, 4.69) is 10.2 Å². The van der Waals surface area contributed by atoms with E-state index in [1.807, 2.05) is 31.2 Å². The fourth-order valence-corrected chi connectivity index (χ4v) is 2.76. The number of hydrogen-bond donors (Lipinski definition) is 1. The minimum atomic E-state index is -0.549. The van der Waals surface area contributed by atoms with Crippen LogP contribution in [-0.2, 0) is 11.3 Å². The van der Waals surface area contributed by atoms with Crippen molar-refractivity contribution in [1.29, 1.82) is 0 Å². The molecule has 3 aromatic rings. The molecule has 2 aromatic carbocycles. The van der Waals surface area contributed by atoms with E-state index < -0.39 is 5.91 Å². The summed E-state index contributed by atoms with van der Waals surface area (Å²) in [7, 11) is 0. The molecule has 0 unspecified atom stereocenters. The number of halogens is 1. The third kappa shape index (κ3) is 3.86.